The van der Waals surface area contributed by atoms with E-state index in [0.29, 0.717) is 13.0 Å². The highest BCUT2D eigenvalue weighted by Crippen LogP contribution is 2.35. The number of aliphatic carboxylic acids is 1. The minimum absolute atomic E-state index is 0.526. The Labute approximate surface area is 110 Å². The van der Waals surface area contributed by atoms with E-state index < -0.39 is 11.4 Å². The maximum atomic E-state index is 11.5. The summed E-state index contributed by atoms with van der Waals surface area (Å²) in [6.07, 6.45) is 6.00. The van der Waals surface area contributed by atoms with Gasteiger partial charge in [0.05, 0.1) is 11.5 Å². The number of piperidine rings is 1. The first kappa shape index (κ1) is 15.0. The van der Waals surface area contributed by atoms with E-state index in [1.165, 1.54) is 0 Å². The van der Waals surface area contributed by atoms with Crippen LogP contribution in [0.4, 0.5) is 0 Å². The Hall–Kier alpha value is -1.08. The van der Waals surface area contributed by atoms with Crippen molar-refractivity contribution >= 4 is 5.97 Å². The molecule has 4 nitrogen and oxygen atoms in total. The third-order valence-electron chi connectivity index (χ3n) is 3.85. The molecular weight excluding hydrogens is 228 g/mol. The Morgan fingerprint density at radius 1 is 1.50 bits per heavy atom. The van der Waals surface area contributed by atoms with Gasteiger partial charge in [-0.25, -0.2) is 0 Å². The number of unbranched alkanes of at least 4 members (excludes halogenated alkanes) is 2. The molecule has 0 radical (unpaired) electrons. The van der Waals surface area contributed by atoms with E-state index in [1.54, 1.807) is 0 Å². The van der Waals surface area contributed by atoms with Gasteiger partial charge in [-0.2, -0.15) is 5.26 Å². The zero-order valence-electron chi connectivity index (χ0n) is 11.3. The first-order valence-corrected chi connectivity index (χ1v) is 6.97. The fourth-order valence-corrected chi connectivity index (χ4v) is 2.92. The van der Waals surface area contributed by atoms with Gasteiger partial charge in [-0.3, -0.25) is 4.79 Å². The molecule has 0 aromatic rings. The number of carboxylic acid groups (broad SMARTS) is 1. The van der Waals surface area contributed by atoms with E-state index in [0.717, 1.165) is 51.6 Å². The van der Waals surface area contributed by atoms with Crippen molar-refractivity contribution in [2.45, 2.75) is 51.9 Å². The summed E-state index contributed by atoms with van der Waals surface area (Å²) in [5.41, 5.74) is -0.526. The van der Waals surface area contributed by atoms with E-state index in [4.69, 9.17) is 5.26 Å². The molecule has 0 bridgehead atoms. The van der Waals surface area contributed by atoms with Crippen LogP contribution >= 0.6 is 0 Å². The van der Waals surface area contributed by atoms with Crippen molar-refractivity contribution in [3.63, 3.8) is 0 Å². The maximum absolute atomic E-state index is 11.5. The predicted molar refractivity (Wildman–Crippen MR) is 70.1 cm³/mol. The third-order valence-corrected chi connectivity index (χ3v) is 3.85. The highest BCUT2D eigenvalue weighted by Gasteiger charge is 2.41. The third kappa shape index (κ3) is 3.99. The second kappa shape index (κ2) is 7.38. The summed E-state index contributed by atoms with van der Waals surface area (Å²) in [6.45, 7) is 4.67. The summed E-state index contributed by atoms with van der Waals surface area (Å²) in [7, 11) is 0. The van der Waals surface area contributed by atoms with Gasteiger partial charge < -0.3 is 10.0 Å². The van der Waals surface area contributed by atoms with Crippen molar-refractivity contribution in [3.8, 4) is 6.07 Å². The van der Waals surface area contributed by atoms with E-state index >= 15 is 0 Å². The quantitative estimate of drug-likeness (QED) is 0.707. The van der Waals surface area contributed by atoms with Gasteiger partial charge in [-0.15, -0.1) is 0 Å². The smallest absolute Gasteiger partial charge is 0.310 e. The summed E-state index contributed by atoms with van der Waals surface area (Å²) in [6, 6.07) is 2.15. The molecule has 1 atom stereocenters. The number of rotatable bonds is 7. The van der Waals surface area contributed by atoms with Crippen molar-refractivity contribution in [1.29, 1.82) is 5.26 Å². The number of carbonyl (C=O) groups is 1. The topological polar surface area (TPSA) is 64.3 Å². The number of nitriles is 1. The maximum Gasteiger partial charge on any atom is 0.310 e. The van der Waals surface area contributed by atoms with Gasteiger partial charge in [-0.05, 0) is 45.2 Å². The van der Waals surface area contributed by atoms with Crippen LogP contribution in [0.3, 0.4) is 0 Å². The number of likely N-dealkylation sites (tertiary alicyclic amines) is 1. The van der Waals surface area contributed by atoms with Crippen LogP contribution in [-0.4, -0.2) is 35.6 Å². The molecule has 1 aliphatic heterocycles. The highest BCUT2D eigenvalue weighted by atomic mass is 16.4. The number of carboxylic acids is 1. The molecule has 18 heavy (non-hydrogen) atoms. The summed E-state index contributed by atoms with van der Waals surface area (Å²) in [4.78, 5) is 13.8. The van der Waals surface area contributed by atoms with Gasteiger partial charge in [0.1, 0.15) is 0 Å². The second-order valence-corrected chi connectivity index (χ2v) is 5.33. The predicted octanol–water partition coefficient (Wildman–Crippen LogP) is 2.65. The van der Waals surface area contributed by atoms with Crippen molar-refractivity contribution in [1.82, 2.24) is 4.90 Å². The molecular formula is C14H24N2O2. The van der Waals surface area contributed by atoms with Gasteiger partial charge in [0, 0.05) is 13.0 Å². The van der Waals surface area contributed by atoms with Crippen LogP contribution in [0, 0.1) is 16.7 Å². The van der Waals surface area contributed by atoms with Gasteiger partial charge in [0.25, 0.3) is 0 Å². The average molecular weight is 252 g/mol. The molecule has 4 heteroatoms. The van der Waals surface area contributed by atoms with Crippen molar-refractivity contribution in [2.24, 2.45) is 5.41 Å². The number of hydrogen-bond donors (Lipinski definition) is 1. The number of nitrogens with zero attached hydrogens (tertiary/aromatic N) is 2. The van der Waals surface area contributed by atoms with E-state index in [1.807, 2.05) is 0 Å². The van der Waals surface area contributed by atoms with Gasteiger partial charge in [0.15, 0.2) is 0 Å². The van der Waals surface area contributed by atoms with Crippen LogP contribution in [0.2, 0.25) is 0 Å². The molecule has 0 aromatic carbocycles. The van der Waals surface area contributed by atoms with Crippen LogP contribution < -0.4 is 0 Å². The standard InChI is InChI=1S/C14H24N2O2/c1-2-7-14(13(17)18)8-6-11-16(12-14)10-5-3-4-9-15/h2-8,10-12H2,1H3,(H,17,18). The molecule has 102 valence electrons. The molecule has 1 saturated heterocycles. The molecule has 1 rings (SSSR count). The summed E-state index contributed by atoms with van der Waals surface area (Å²) < 4.78 is 0. The lowest BCUT2D eigenvalue weighted by Crippen LogP contribution is -2.48. The fraction of sp³-hybridized carbons (Fsp3) is 0.857. The van der Waals surface area contributed by atoms with Crippen LogP contribution in [-0.2, 0) is 4.79 Å². The minimum Gasteiger partial charge on any atom is -0.481 e. The van der Waals surface area contributed by atoms with Crippen molar-refractivity contribution in [3.05, 3.63) is 0 Å². The van der Waals surface area contributed by atoms with Crippen LogP contribution in [0.15, 0.2) is 0 Å². The molecule has 1 aliphatic rings. The second-order valence-electron chi connectivity index (χ2n) is 5.33. The Bertz CT molecular complexity index is 307. The summed E-state index contributed by atoms with van der Waals surface area (Å²) in [5.74, 6) is -0.633. The van der Waals surface area contributed by atoms with Crippen LogP contribution in [0.1, 0.15) is 51.9 Å². The first-order valence-electron chi connectivity index (χ1n) is 6.97. The molecule has 0 aromatic heterocycles. The van der Waals surface area contributed by atoms with Gasteiger partial charge >= 0.3 is 5.97 Å². The highest BCUT2D eigenvalue weighted by molar-refractivity contribution is 5.75. The lowest BCUT2D eigenvalue weighted by atomic mass is 9.76. The Morgan fingerprint density at radius 2 is 2.28 bits per heavy atom. The summed E-state index contributed by atoms with van der Waals surface area (Å²) >= 11 is 0. The molecule has 1 fully saturated rings. The minimum atomic E-state index is -0.633. The molecule has 0 spiro atoms. The van der Waals surface area contributed by atoms with Crippen LogP contribution in [0.5, 0.6) is 0 Å². The fourth-order valence-electron chi connectivity index (χ4n) is 2.92. The van der Waals surface area contributed by atoms with Crippen molar-refractivity contribution < 1.29 is 9.90 Å². The molecule has 1 N–H and O–H groups in total. The summed E-state index contributed by atoms with van der Waals surface area (Å²) in [5, 5.41) is 18.0. The lowest BCUT2D eigenvalue weighted by Gasteiger charge is -2.40. The zero-order chi connectivity index (χ0) is 13.4. The van der Waals surface area contributed by atoms with Gasteiger partial charge in [0.2, 0.25) is 0 Å². The normalized spacial score (nSPS) is 24.7. The Balaban J connectivity index is 2.48. The van der Waals surface area contributed by atoms with Gasteiger partial charge in [-0.1, -0.05) is 13.3 Å². The Morgan fingerprint density at radius 3 is 2.89 bits per heavy atom. The zero-order valence-corrected chi connectivity index (χ0v) is 11.3. The monoisotopic (exact) mass is 252 g/mol. The first-order chi connectivity index (χ1) is 8.64. The molecule has 0 saturated carbocycles. The average Bonchev–Trinajstić information content (AvgIpc) is 2.35. The van der Waals surface area contributed by atoms with E-state index in [2.05, 4.69) is 17.9 Å². The number of hydrogen-bond acceptors (Lipinski definition) is 3. The largest absolute Gasteiger partial charge is 0.481 e. The molecule has 0 aliphatic carbocycles. The van der Waals surface area contributed by atoms with Crippen LogP contribution in [0.25, 0.3) is 0 Å². The van der Waals surface area contributed by atoms with E-state index in [-0.39, 0.29) is 0 Å². The Kier molecular flexibility index (Phi) is 6.14. The molecule has 1 unspecified atom stereocenters. The molecule has 0 amide bonds. The SMILES string of the molecule is CCCC1(C(=O)O)CCCN(CCCCC#N)C1. The van der Waals surface area contributed by atoms with E-state index in [9.17, 15) is 9.90 Å². The molecule has 1 heterocycles. The van der Waals surface area contributed by atoms with Crippen molar-refractivity contribution in [2.75, 3.05) is 19.6 Å². The lowest BCUT2D eigenvalue weighted by molar-refractivity contribution is -0.153.